The molecule has 36 heavy (non-hydrogen) atoms. The van der Waals surface area contributed by atoms with Crippen LogP contribution in [-0.2, 0) is 19.6 Å². The zero-order valence-electron chi connectivity index (χ0n) is 20.2. The molecule has 2 aliphatic rings. The van der Waals surface area contributed by atoms with Crippen LogP contribution in [0.5, 0.6) is 0 Å². The molecule has 1 fully saturated rings. The van der Waals surface area contributed by atoms with Crippen LogP contribution < -0.4 is 20.3 Å². The summed E-state index contributed by atoms with van der Waals surface area (Å²) >= 11 is 0. The Bertz CT molecular complexity index is 1320. The van der Waals surface area contributed by atoms with Crippen molar-refractivity contribution in [3.63, 3.8) is 0 Å². The van der Waals surface area contributed by atoms with Crippen molar-refractivity contribution in [3.8, 4) is 0 Å². The predicted molar refractivity (Wildman–Crippen MR) is 136 cm³/mol. The van der Waals surface area contributed by atoms with Crippen molar-refractivity contribution >= 4 is 45.0 Å². The Hall–Kier alpha value is -3.73. The molecule has 2 aromatic rings. The van der Waals surface area contributed by atoms with E-state index in [2.05, 4.69) is 10.6 Å². The summed E-state index contributed by atoms with van der Waals surface area (Å²) in [5.74, 6) is -0.871. The molecule has 1 unspecified atom stereocenters. The van der Waals surface area contributed by atoms with Crippen molar-refractivity contribution in [2.45, 2.75) is 50.6 Å². The van der Waals surface area contributed by atoms with E-state index in [1.54, 1.807) is 4.90 Å². The van der Waals surface area contributed by atoms with Crippen LogP contribution in [0.2, 0.25) is 0 Å². The Labute approximate surface area is 210 Å². The fraction of sp³-hybridized carbons (Fsp3) is 0.360. The average Bonchev–Trinajstić information content (AvgIpc) is 3.33. The number of likely N-dealkylation sites (N-methyl/N-ethyl adjacent to an activating group) is 1. The van der Waals surface area contributed by atoms with Gasteiger partial charge in [-0.1, -0.05) is 37.1 Å². The fourth-order valence-corrected chi connectivity index (χ4v) is 5.72. The minimum absolute atomic E-state index is 0.177. The van der Waals surface area contributed by atoms with Crippen LogP contribution >= 0.6 is 0 Å². The smallest absolute Gasteiger partial charge is 0.309 e. The lowest BCUT2D eigenvalue weighted by atomic mass is 9.94. The molecule has 1 aliphatic carbocycles. The van der Waals surface area contributed by atoms with E-state index in [9.17, 15) is 22.8 Å². The number of amides is 4. The van der Waals surface area contributed by atoms with Crippen molar-refractivity contribution in [1.29, 1.82) is 0 Å². The highest BCUT2D eigenvalue weighted by molar-refractivity contribution is 7.90. The molecule has 3 N–H and O–H groups in total. The van der Waals surface area contributed by atoms with Crippen molar-refractivity contribution in [1.82, 2.24) is 10.0 Å². The Morgan fingerprint density at radius 3 is 2.50 bits per heavy atom. The summed E-state index contributed by atoms with van der Waals surface area (Å²) in [6, 6.07) is 12.4. The van der Waals surface area contributed by atoms with Gasteiger partial charge in [0.1, 0.15) is 0 Å². The average molecular weight is 512 g/mol. The Balaban J connectivity index is 1.59. The van der Waals surface area contributed by atoms with Crippen molar-refractivity contribution in [2.75, 3.05) is 16.8 Å². The molecule has 190 valence electrons. The predicted octanol–water partition coefficient (Wildman–Crippen LogP) is 3.01. The number of carbonyl (C=O) groups excluding carboxylic acids is 3. The number of urea groups is 1. The van der Waals surface area contributed by atoms with E-state index in [4.69, 9.17) is 4.99 Å². The van der Waals surface area contributed by atoms with Gasteiger partial charge >= 0.3 is 6.03 Å². The Morgan fingerprint density at radius 1 is 1.08 bits per heavy atom. The summed E-state index contributed by atoms with van der Waals surface area (Å²) in [4.78, 5) is 43.7. The molecule has 0 saturated heterocycles. The van der Waals surface area contributed by atoms with E-state index in [0.717, 1.165) is 49.6 Å². The van der Waals surface area contributed by atoms with Gasteiger partial charge in [0.2, 0.25) is 12.1 Å². The normalized spacial score (nSPS) is 18.2. The van der Waals surface area contributed by atoms with E-state index in [-0.39, 0.29) is 22.4 Å². The number of benzene rings is 2. The van der Waals surface area contributed by atoms with Gasteiger partial charge in [-0.05, 0) is 44.0 Å². The summed E-state index contributed by atoms with van der Waals surface area (Å²) < 4.78 is 26.5. The third-order valence-corrected chi connectivity index (χ3v) is 7.68. The molecule has 0 radical (unpaired) electrons. The van der Waals surface area contributed by atoms with Crippen LogP contribution in [0.4, 0.5) is 16.2 Å². The number of nitrogens with zero attached hydrogens (tertiary/aromatic N) is 2. The van der Waals surface area contributed by atoms with Gasteiger partial charge in [-0.25, -0.2) is 17.9 Å². The largest absolute Gasteiger partial charge is 0.321 e. The van der Waals surface area contributed by atoms with Gasteiger partial charge in [-0.15, -0.1) is 0 Å². The molecular weight excluding hydrogens is 482 g/mol. The lowest BCUT2D eigenvalue weighted by molar-refractivity contribution is -0.120. The molecule has 11 heteroatoms. The topological polar surface area (TPSA) is 137 Å². The molecule has 0 bridgehead atoms. The van der Waals surface area contributed by atoms with Gasteiger partial charge in [0.25, 0.3) is 15.9 Å². The zero-order chi connectivity index (χ0) is 25.9. The number of nitrogens with one attached hydrogen (secondary N) is 3. The second-order valence-electron chi connectivity index (χ2n) is 8.79. The van der Waals surface area contributed by atoms with Crippen LogP contribution in [0.25, 0.3) is 0 Å². The molecule has 0 spiro atoms. The maximum absolute atomic E-state index is 13.4. The van der Waals surface area contributed by atoms with E-state index < -0.39 is 28.1 Å². The van der Waals surface area contributed by atoms with E-state index in [1.165, 1.54) is 24.3 Å². The molecule has 0 aromatic heterocycles. The number of aliphatic imine (C=N–C) groups is 1. The van der Waals surface area contributed by atoms with Gasteiger partial charge < -0.3 is 15.5 Å². The maximum Gasteiger partial charge on any atom is 0.321 e. The number of benzodiazepines with no additional fused rings is 1. The maximum atomic E-state index is 13.4. The van der Waals surface area contributed by atoms with E-state index >= 15 is 0 Å². The number of rotatable bonds is 6. The van der Waals surface area contributed by atoms with Crippen molar-refractivity contribution in [3.05, 3.63) is 54.1 Å². The molecule has 2 aromatic carbocycles. The highest BCUT2D eigenvalue weighted by atomic mass is 32.2. The van der Waals surface area contributed by atoms with Crippen LogP contribution in [0.3, 0.4) is 0 Å². The number of hydrogen-bond donors (Lipinski definition) is 3. The second kappa shape index (κ2) is 10.5. The van der Waals surface area contributed by atoms with Gasteiger partial charge in [0.15, 0.2) is 0 Å². The minimum atomic E-state index is -4.07. The third kappa shape index (κ3) is 5.40. The second-order valence-corrected chi connectivity index (χ2v) is 10.5. The minimum Gasteiger partial charge on any atom is -0.309 e. The molecule has 1 atom stereocenters. The molecule has 1 saturated carbocycles. The van der Waals surface area contributed by atoms with Crippen LogP contribution in [0.1, 0.15) is 45.1 Å². The van der Waals surface area contributed by atoms with Gasteiger partial charge in [0.05, 0.1) is 16.3 Å². The molecular formula is C25H29N5O5S. The first-order valence-electron chi connectivity index (χ1n) is 11.9. The number of sulfonamides is 1. The zero-order valence-corrected chi connectivity index (χ0v) is 21.0. The lowest BCUT2D eigenvalue weighted by Gasteiger charge is -2.24. The monoisotopic (exact) mass is 511 g/mol. The van der Waals surface area contributed by atoms with Crippen molar-refractivity contribution in [2.24, 2.45) is 10.9 Å². The summed E-state index contributed by atoms with van der Waals surface area (Å²) in [5, 5.41) is 5.22. The first kappa shape index (κ1) is 25.4. The number of carbonyl (C=O) groups is 3. The molecule has 1 aliphatic heterocycles. The number of anilines is 2. The summed E-state index contributed by atoms with van der Waals surface area (Å²) in [5.41, 5.74) is 2.67. The highest BCUT2D eigenvalue weighted by Gasteiger charge is 2.34. The van der Waals surface area contributed by atoms with Crippen LogP contribution in [0.15, 0.2) is 58.4 Å². The number of para-hydroxylation sites is 1. The fourth-order valence-electron chi connectivity index (χ4n) is 4.68. The first-order valence-corrected chi connectivity index (χ1v) is 13.4. The van der Waals surface area contributed by atoms with E-state index in [0.29, 0.717) is 6.54 Å². The van der Waals surface area contributed by atoms with Crippen molar-refractivity contribution < 1.29 is 22.8 Å². The Morgan fingerprint density at radius 2 is 1.81 bits per heavy atom. The SMILES string of the molecule is CCN1C(=O)C(NC(=O)Nc2cccc(S(=O)(=O)NC(C)=O)c2)N=C(C2CCCC2)c2ccccc21. The quantitative estimate of drug-likeness (QED) is 0.548. The highest BCUT2D eigenvalue weighted by Crippen LogP contribution is 2.34. The lowest BCUT2D eigenvalue weighted by Crippen LogP contribution is -2.48. The first-order chi connectivity index (χ1) is 17.2. The summed E-state index contributed by atoms with van der Waals surface area (Å²) in [6.07, 6.45) is 2.99. The van der Waals surface area contributed by atoms with Gasteiger partial charge in [-0.2, -0.15) is 0 Å². The molecule has 4 amide bonds. The standard InChI is InChI=1S/C25H29N5O5S/c1-3-30-21-14-7-6-13-20(21)22(17-9-4-5-10-17)27-23(24(30)32)28-25(33)26-18-11-8-12-19(15-18)36(34,35)29-16(2)31/h6-8,11-15,17,23H,3-5,9-10H2,1-2H3,(H,29,31)(H2,26,28,33). The van der Waals surface area contributed by atoms with Crippen LogP contribution in [-0.4, -0.2) is 44.7 Å². The summed E-state index contributed by atoms with van der Waals surface area (Å²) in [7, 11) is -4.07. The third-order valence-electron chi connectivity index (χ3n) is 6.25. The molecule has 1 heterocycles. The summed E-state index contributed by atoms with van der Waals surface area (Å²) in [6.45, 7) is 3.37. The van der Waals surface area contributed by atoms with Crippen LogP contribution in [0, 0.1) is 5.92 Å². The van der Waals surface area contributed by atoms with E-state index in [1.807, 2.05) is 35.9 Å². The number of fused-ring (bicyclic) bond motifs is 1. The van der Waals surface area contributed by atoms with Gasteiger partial charge in [-0.3, -0.25) is 14.6 Å². The number of hydrogen-bond acceptors (Lipinski definition) is 6. The molecule has 10 nitrogen and oxygen atoms in total. The molecule has 4 rings (SSSR count). The van der Waals surface area contributed by atoms with Gasteiger partial charge in [0, 0.05) is 30.6 Å². The Kier molecular flexibility index (Phi) is 7.39.